The van der Waals surface area contributed by atoms with Crippen LogP contribution in [0.3, 0.4) is 0 Å². The number of carbonyl (C=O) groups excluding carboxylic acids is 1. The van der Waals surface area contributed by atoms with Crippen LogP contribution in [0, 0.1) is 11.3 Å². The number of ether oxygens (including phenoxy) is 1. The molecule has 8 nitrogen and oxygen atoms in total. The van der Waals surface area contributed by atoms with Crippen molar-refractivity contribution in [2.75, 3.05) is 13.2 Å². The second-order valence-electron chi connectivity index (χ2n) is 6.80. The number of nitriles is 1. The molecule has 1 atom stereocenters. The molecule has 2 aromatic heterocycles. The quantitative estimate of drug-likeness (QED) is 0.554. The molecule has 1 amide bonds. The van der Waals surface area contributed by atoms with Gasteiger partial charge in [-0.25, -0.2) is 4.98 Å². The van der Waals surface area contributed by atoms with Gasteiger partial charge in [0.25, 0.3) is 5.91 Å². The minimum absolute atomic E-state index is 0.00520. The lowest BCUT2D eigenvalue weighted by molar-refractivity contribution is -0.137. The summed E-state index contributed by atoms with van der Waals surface area (Å²) in [7, 11) is 0. The fourth-order valence-electron chi connectivity index (χ4n) is 3.03. The average molecular weight is 444 g/mol. The first-order valence-corrected chi connectivity index (χ1v) is 9.62. The number of aromatic nitrogens is 4. The SMILES string of the molecule is CCN(C(=O)c1cc(C#N)ccc1-n1nccn1)[C@@H](C)COc1ccc(C(F)(F)F)cn1. The molecule has 166 valence electrons. The average Bonchev–Trinajstić information content (AvgIpc) is 3.32. The van der Waals surface area contributed by atoms with E-state index < -0.39 is 17.8 Å². The van der Waals surface area contributed by atoms with Crippen LogP contribution in [0.4, 0.5) is 13.2 Å². The summed E-state index contributed by atoms with van der Waals surface area (Å²) >= 11 is 0. The highest BCUT2D eigenvalue weighted by Gasteiger charge is 2.31. The molecule has 3 aromatic rings. The molecule has 0 aliphatic carbocycles. The Morgan fingerprint density at radius 2 is 1.97 bits per heavy atom. The fraction of sp³-hybridized carbons (Fsp3) is 0.286. The van der Waals surface area contributed by atoms with Crippen LogP contribution in [-0.2, 0) is 6.18 Å². The third-order valence-corrected chi connectivity index (χ3v) is 4.66. The Bertz CT molecular complexity index is 1110. The monoisotopic (exact) mass is 444 g/mol. The molecule has 0 saturated carbocycles. The molecule has 11 heteroatoms. The molecule has 0 saturated heterocycles. The molecule has 0 bridgehead atoms. The van der Waals surface area contributed by atoms with Gasteiger partial charge in [0.05, 0.1) is 46.9 Å². The molecular weight excluding hydrogens is 425 g/mol. The second-order valence-corrected chi connectivity index (χ2v) is 6.80. The summed E-state index contributed by atoms with van der Waals surface area (Å²) < 4.78 is 43.5. The third-order valence-electron chi connectivity index (χ3n) is 4.66. The summed E-state index contributed by atoms with van der Waals surface area (Å²) in [5.74, 6) is -0.352. The zero-order valence-electron chi connectivity index (χ0n) is 17.2. The van der Waals surface area contributed by atoms with Gasteiger partial charge in [-0.15, -0.1) is 0 Å². The number of rotatable bonds is 7. The predicted molar refractivity (Wildman–Crippen MR) is 107 cm³/mol. The van der Waals surface area contributed by atoms with Gasteiger partial charge in [-0.2, -0.15) is 33.4 Å². The first-order chi connectivity index (χ1) is 15.2. The summed E-state index contributed by atoms with van der Waals surface area (Å²) in [5, 5.41) is 17.3. The summed E-state index contributed by atoms with van der Waals surface area (Å²) in [4.78, 5) is 19.8. The molecule has 32 heavy (non-hydrogen) atoms. The molecule has 0 unspecified atom stereocenters. The van der Waals surface area contributed by atoms with E-state index in [9.17, 15) is 23.2 Å². The van der Waals surface area contributed by atoms with E-state index in [4.69, 9.17) is 4.74 Å². The lowest BCUT2D eigenvalue weighted by Crippen LogP contribution is -2.42. The van der Waals surface area contributed by atoms with Crippen LogP contribution in [0.15, 0.2) is 48.9 Å². The number of amides is 1. The number of benzene rings is 1. The van der Waals surface area contributed by atoms with Crippen molar-refractivity contribution in [1.82, 2.24) is 24.9 Å². The zero-order valence-corrected chi connectivity index (χ0v) is 17.2. The van der Waals surface area contributed by atoms with E-state index in [1.54, 1.807) is 26.0 Å². The second kappa shape index (κ2) is 9.47. The van der Waals surface area contributed by atoms with Crippen LogP contribution in [0.5, 0.6) is 5.88 Å². The number of halogens is 3. The van der Waals surface area contributed by atoms with Crippen LogP contribution in [0.2, 0.25) is 0 Å². The predicted octanol–water partition coefficient (Wildman–Crippen LogP) is 3.48. The van der Waals surface area contributed by atoms with Gasteiger partial charge in [-0.3, -0.25) is 4.79 Å². The van der Waals surface area contributed by atoms with Gasteiger partial charge in [0.15, 0.2) is 0 Å². The van der Waals surface area contributed by atoms with Crippen molar-refractivity contribution in [2.45, 2.75) is 26.1 Å². The highest BCUT2D eigenvalue weighted by atomic mass is 19.4. The first kappa shape index (κ1) is 22.7. The first-order valence-electron chi connectivity index (χ1n) is 9.62. The van der Waals surface area contributed by atoms with Gasteiger partial charge in [0.2, 0.25) is 5.88 Å². The largest absolute Gasteiger partial charge is 0.475 e. The number of carbonyl (C=O) groups is 1. The molecule has 0 radical (unpaired) electrons. The van der Waals surface area contributed by atoms with Crippen LogP contribution in [0.25, 0.3) is 5.69 Å². The minimum Gasteiger partial charge on any atom is -0.475 e. The van der Waals surface area contributed by atoms with Gasteiger partial charge in [0.1, 0.15) is 6.61 Å². The van der Waals surface area contributed by atoms with Crippen LogP contribution >= 0.6 is 0 Å². The number of alkyl halides is 3. The summed E-state index contributed by atoms with van der Waals surface area (Å²) in [5.41, 5.74) is 0.0788. The Balaban J connectivity index is 1.78. The van der Waals surface area contributed by atoms with Crippen LogP contribution in [-0.4, -0.2) is 50.0 Å². The maximum Gasteiger partial charge on any atom is 0.417 e. The van der Waals surface area contributed by atoms with E-state index in [0.717, 1.165) is 12.1 Å². The van der Waals surface area contributed by atoms with Crippen LogP contribution < -0.4 is 4.74 Å². The Morgan fingerprint density at radius 1 is 1.25 bits per heavy atom. The lowest BCUT2D eigenvalue weighted by atomic mass is 10.1. The minimum atomic E-state index is -4.48. The molecule has 1 aromatic carbocycles. The Morgan fingerprint density at radius 3 is 2.53 bits per heavy atom. The van der Waals surface area contributed by atoms with Gasteiger partial charge in [-0.1, -0.05) is 0 Å². The maximum atomic E-state index is 13.3. The Labute approximate surface area is 181 Å². The molecule has 0 N–H and O–H groups in total. The highest BCUT2D eigenvalue weighted by molar-refractivity contribution is 5.98. The van der Waals surface area contributed by atoms with Crippen molar-refractivity contribution in [3.05, 3.63) is 65.6 Å². The summed E-state index contributed by atoms with van der Waals surface area (Å²) in [6.45, 7) is 3.86. The molecule has 3 rings (SSSR count). The summed E-state index contributed by atoms with van der Waals surface area (Å²) in [6, 6.07) is 8.20. The van der Waals surface area contributed by atoms with Gasteiger partial charge in [0, 0.05) is 18.8 Å². The van der Waals surface area contributed by atoms with Crippen molar-refractivity contribution < 1.29 is 22.7 Å². The Kier molecular flexibility index (Phi) is 6.73. The Hall–Kier alpha value is -3.94. The molecule has 0 fully saturated rings. The maximum absolute atomic E-state index is 13.3. The highest BCUT2D eigenvalue weighted by Crippen LogP contribution is 2.29. The van der Waals surface area contributed by atoms with Crippen molar-refractivity contribution in [2.24, 2.45) is 0 Å². The summed E-state index contributed by atoms with van der Waals surface area (Å²) in [6.07, 6.45) is -0.849. The molecular formula is C21H19F3N6O2. The van der Waals surface area contributed by atoms with Crippen molar-refractivity contribution in [3.63, 3.8) is 0 Å². The molecule has 0 spiro atoms. The van der Waals surface area contributed by atoms with Crippen molar-refractivity contribution in [3.8, 4) is 17.6 Å². The molecule has 0 aliphatic heterocycles. The fourth-order valence-corrected chi connectivity index (χ4v) is 3.03. The van der Waals surface area contributed by atoms with Gasteiger partial charge in [-0.05, 0) is 38.1 Å². The normalized spacial score (nSPS) is 12.1. The molecule has 2 heterocycles. The topological polar surface area (TPSA) is 96.9 Å². The number of pyridine rings is 1. The number of likely N-dealkylation sites (N-methyl/N-ethyl adjacent to an activating group) is 1. The lowest BCUT2D eigenvalue weighted by Gasteiger charge is -2.28. The van der Waals surface area contributed by atoms with Crippen molar-refractivity contribution >= 4 is 5.91 Å². The van der Waals surface area contributed by atoms with Gasteiger partial charge >= 0.3 is 6.18 Å². The van der Waals surface area contributed by atoms with E-state index in [0.29, 0.717) is 24.0 Å². The van der Waals surface area contributed by atoms with E-state index in [2.05, 4.69) is 15.2 Å². The van der Waals surface area contributed by atoms with Crippen LogP contribution in [0.1, 0.15) is 35.3 Å². The van der Waals surface area contributed by atoms with Gasteiger partial charge < -0.3 is 9.64 Å². The number of nitrogens with zero attached hydrogens (tertiary/aromatic N) is 6. The van der Waals surface area contributed by atoms with E-state index >= 15 is 0 Å². The number of hydrogen-bond acceptors (Lipinski definition) is 6. The van der Waals surface area contributed by atoms with Crippen molar-refractivity contribution in [1.29, 1.82) is 5.26 Å². The van der Waals surface area contributed by atoms with E-state index in [-0.39, 0.29) is 24.0 Å². The number of hydrogen-bond donors (Lipinski definition) is 0. The zero-order chi connectivity index (χ0) is 23.3. The van der Waals surface area contributed by atoms with E-state index in [1.165, 1.54) is 28.2 Å². The third kappa shape index (κ3) is 5.03. The molecule has 0 aliphatic rings. The van der Waals surface area contributed by atoms with E-state index in [1.807, 2.05) is 6.07 Å². The smallest absolute Gasteiger partial charge is 0.417 e. The standard InChI is InChI=1S/C21H19F3N6O2/c1-3-29(14(2)13-32-19-7-5-16(12-26-19)21(22,23)24)20(31)17-10-15(11-25)4-6-18(17)30-27-8-9-28-30/h4-10,12,14H,3,13H2,1-2H3/t14-/m0/s1.